The monoisotopic (exact) mass is 416 g/mol. The largest absolute Gasteiger partial charge is 0.486 e. The number of nitrogens with zero attached hydrogens (tertiary/aromatic N) is 3. The summed E-state index contributed by atoms with van der Waals surface area (Å²) in [5.41, 5.74) is 1.61. The molecular formula is C19H20N4O5S. The molecule has 9 nitrogen and oxygen atoms in total. The Morgan fingerprint density at radius 3 is 2.79 bits per heavy atom. The number of aromatic nitrogens is 1. The third kappa shape index (κ3) is 4.16. The van der Waals surface area contributed by atoms with Crippen LogP contribution in [-0.4, -0.2) is 66.0 Å². The van der Waals surface area contributed by atoms with E-state index in [0.29, 0.717) is 36.3 Å². The maximum Gasteiger partial charge on any atom is 0.326 e. The van der Waals surface area contributed by atoms with Gasteiger partial charge in [0.1, 0.15) is 19.8 Å². The van der Waals surface area contributed by atoms with Crippen molar-refractivity contribution in [3.8, 4) is 22.8 Å². The van der Waals surface area contributed by atoms with Crippen LogP contribution in [0.3, 0.4) is 0 Å². The first-order valence-corrected chi connectivity index (χ1v) is 10.1. The van der Waals surface area contributed by atoms with E-state index in [0.717, 1.165) is 11.3 Å². The van der Waals surface area contributed by atoms with Gasteiger partial charge in [-0.05, 0) is 24.6 Å². The summed E-state index contributed by atoms with van der Waals surface area (Å²) in [6, 6.07) is 5.30. The number of urea groups is 1. The Morgan fingerprint density at radius 2 is 2.03 bits per heavy atom. The van der Waals surface area contributed by atoms with Gasteiger partial charge < -0.3 is 19.7 Å². The lowest BCUT2D eigenvalue weighted by Crippen LogP contribution is -2.32. The number of thiazole rings is 1. The molecule has 1 saturated heterocycles. The highest BCUT2D eigenvalue weighted by molar-refractivity contribution is 7.14. The molecule has 0 radical (unpaired) electrons. The standard InChI is InChI=1S/C19H20N4O5S/c1-22-10-17(25)23(19(22)26)6-2-3-16(24)21-18-20-13(11-29-18)12-4-5-14-15(9-12)28-8-7-27-14/h4-5,9,11H,2-3,6-8,10H2,1H3,(H,20,21,24). The Morgan fingerprint density at radius 1 is 1.24 bits per heavy atom. The number of imide groups is 1. The van der Waals surface area contributed by atoms with Gasteiger partial charge in [0, 0.05) is 31.0 Å². The van der Waals surface area contributed by atoms with Crippen molar-refractivity contribution in [1.82, 2.24) is 14.8 Å². The topological polar surface area (TPSA) is 101 Å². The van der Waals surface area contributed by atoms with Crippen LogP contribution in [0.5, 0.6) is 11.5 Å². The zero-order valence-electron chi connectivity index (χ0n) is 15.8. The molecule has 10 heteroatoms. The molecule has 0 unspecified atom stereocenters. The molecule has 0 spiro atoms. The van der Waals surface area contributed by atoms with Gasteiger partial charge >= 0.3 is 6.03 Å². The fraction of sp³-hybridized carbons (Fsp3) is 0.368. The van der Waals surface area contributed by atoms with Crippen molar-refractivity contribution in [2.75, 3.05) is 38.7 Å². The lowest BCUT2D eigenvalue weighted by atomic mass is 10.1. The number of rotatable bonds is 6. The summed E-state index contributed by atoms with van der Waals surface area (Å²) >= 11 is 1.33. The molecule has 1 fully saturated rings. The summed E-state index contributed by atoms with van der Waals surface area (Å²) in [7, 11) is 1.58. The zero-order chi connectivity index (χ0) is 20.4. The summed E-state index contributed by atoms with van der Waals surface area (Å²) < 4.78 is 11.1. The predicted molar refractivity (Wildman–Crippen MR) is 106 cm³/mol. The van der Waals surface area contributed by atoms with Crippen molar-refractivity contribution in [3.63, 3.8) is 0 Å². The van der Waals surface area contributed by atoms with Crippen LogP contribution in [-0.2, 0) is 9.59 Å². The van der Waals surface area contributed by atoms with Crippen molar-refractivity contribution in [2.45, 2.75) is 12.8 Å². The van der Waals surface area contributed by atoms with Crippen LogP contribution in [0.1, 0.15) is 12.8 Å². The van der Waals surface area contributed by atoms with Crippen LogP contribution in [0.25, 0.3) is 11.3 Å². The van der Waals surface area contributed by atoms with Crippen LogP contribution in [0, 0.1) is 0 Å². The highest BCUT2D eigenvalue weighted by atomic mass is 32.1. The van der Waals surface area contributed by atoms with E-state index in [2.05, 4.69) is 10.3 Å². The number of carbonyl (C=O) groups is 3. The maximum absolute atomic E-state index is 12.2. The number of fused-ring (bicyclic) bond motifs is 1. The van der Waals surface area contributed by atoms with E-state index in [-0.39, 0.29) is 37.4 Å². The normalized spacial score (nSPS) is 15.8. The van der Waals surface area contributed by atoms with Gasteiger partial charge in [0.05, 0.1) is 5.69 Å². The zero-order valence-corrected chi connectivity index (χ0v) is 16.7. The Bertz CT molecular complexity index is 960. The molecule has 1 N–H and O–H groups in total. The van der Waals surface area contributed by atoms with Crippen molar-refractivity contribution >= 4 is 34.3 Å². The summed E-state index contributed by atoms with van der Waals surface area (Å²) in [5, 5.41) is 5.12. The SMILES string of the molecule is CN1CC(=O)N(CCCC(=O)Nc2nc(-c3ccc4c(c3)OCCO4)cs2)C1=O. The lowest BCUT2D eigenvalue weighted by molar-refractivity contribution is -0.125. The minimum Gasteiger partial charge on any atom is -0.486 e. The van der Waals surface area contributed by atoms with Gasteiger partial charge in [0.2, 0.25) is 11.8 Å². The van der Waals surface area contributed by atoms with Crippen molar-refractivity contribution in [3.05, 3.63) is 23.6 Å². The Kier molecular flexibility index (Phi) is 5.34. The lowest BCUT2D eigenvalue weighted by Gasteiger charge is -2.18. The molecule has 1 aromatic heterocycles. The van der Waals surface area contributed by atoms with Gasteiger partial charge in [-0.1, -0.05) is 0 Å². The average molecular weight is 416 g/mol. The Balaban J connectivity index is 1.30. The number of nitrogens with one attached hydrogen (secondary N) is 1. The first-order valence-electron chi connectivity index (χ1n) is 9.22. The summed E-state index contributed by atoms with van der Waals surface area (Å²) in [5.74, 6) is 0.955. The smallest absolute Gasteiger partial charge is 0.326 e. The summed E-state index contributed by atoms with van der Waals surface area (Å²) in [6.07, 6.45) is 0.595. The molecule has 2 aliphatic heterocycles. The summed E-state index contributed by atoms with van der Waals surface area (Å²) in [4.78, 5) is 42.7. The average Bonchev–Trinajstić information content (AvgIpc) is 3.27. The van der Waals surface area contributed by atoms with E-state index in [1.807, 2.05) is 23.6 Å². The molecule has 2 aromatic rings. The maximum atomic E-state index is 12.2. The first kappa shape index (κ1) is 19.2. The van der Waals surface area contributed by atoms with Crippen molar-refractivity contribution in [1.29, 1.82) is 0 Å². The number of hydrogen-bond donors (Lipinski definition) is 1. The molecule has 4 amide bonds. The van der Waals surface area contributed by atoms with Gasteiger partial charge in [-0.2, -0.15) is 0 Å². The molecule has 0 saturated carbocycles. The number of ether oxygens (including phenoxy) is 2. The van der Waals surface area contributed by atoms with E-state index in [1.54, 1.807) is 7.05 Å². The molecule has 1 aromatic carbocycles. The quantitative estimate of drug-likeness (QED) is 0.725. The van der Waals surface area contributed by atoms with E-state index in [4.69, 9.17) is 9.47 Å². The van der Waals surface area contributed by atoms with Crippen LogP contribution in [0.2, 0.25) is 0 Å². The van der Waals surface area contributed by atoms with E-state index in [9.17, 15) is 14.4 Å². The molecule has 29 heavy (non-hydrogen) atoms. The molecular weight excluding hydrogens is 396 g/mol. The van der Waals surface area contributed by atoms with Gasteiger partial charge in [-0.3, -0.25) is 14.5 Å². The van der Waals surface area contributed by atoms with Gasteiger partial charge in [0.15, 0.2) is 16.6 Å². The Labute approximate surface area is 171 Å². The Hall–Kier alpha value is -3.14. The minimum atomic E-state index is -0.320. The fourth-order valence-electron chi connectivity index (χ4n) is 3.13. The number of carbonyl (C=O) groups excluding carboxylic acids is 3. The molecule has 0 atom stereocenters. The highest BCUT2D eigenvalue weighted by Gasteiger charge is 2.32. The second-order valence-electron chi connectivity index (χ2n) is 6.73. The highest BCUT2D eigenvalue weighted by Crippen LogP contribution is 2.35. The number of anilines is 1. The van der Waals surface area contributed by atoms with E-state index in [1.165, 1.54) is 21.1 Å². The molecule has 2 aliphatic rings. The third-order valence-electron chi connectivity index (χ3n) is 4.60. The third-order valence-corrected chi connectivity index (χ3v) is 5.36. The van der Waals surface area contributed by atoms with Gasteiger partial charge in [0.25, 0.3) is 0 Å². The molecule has 0 aliphatic carbocycles. The van der Waals surface area contributed by atoms with Crippen LogP contribution < -0.4 is 14.8 Å². The van der Waals surface area contributed by atoms with E-state index < -0.39 is 0 Å². The van der Waals surface area contributed by atoms with Crippen molar-refractivity contribution < 1.29 is 23.9 Å². The molecule has 4 rings (SSSR count). The first-order chi connectivity index (χ1) is 14.0. The minimum absolute atomic E-state index is 0.0901. The van der Waals surface area contributed by atoms with E-state index >= 15 is 0 Å². The number of benzene rings is 1. The van der Waals surface area contributed by atoms with Crippen LogP contribution in [0.15, 0.2) is 23.6 Å². The van der Waals surface area contributed by atoms with Gasteiger partial charge in [-0.25, -0.2) is 9.78 Å². The number of likely N-dealkylation sites (N-methyl/N-ethyl adjacent to an activating group) is 1. The van der Waals surface area contributed by atoms with Crippen molar-refractivity contribution in [2.24, 2.45) is 0 Å². The molecule has 3 heterocycles. The van der Waals surface area contributed by atoms with Crippen LogP contribution >= 0.6 is 11.3 Å². The second-order valence-corrected chi connectivity index (χ2v) is 7.59. The van der Waals surface area contributed by atoms with Crippen LogP contribution in [0.4, 0.5) is 9.93 Å². The van der Waals surface area contributed by atoms with Gasteiger partial charge in [-0.15, -0.1) is 11.3 Å². The number of hydrogen-bond acceptors (Lipinski definition) is 7. The fourth-order valence-corrected chi connectivity index (χ4v) is 3.87. The molecule has 152 valence electrons. The number of amides is 4. The summed E-state index contributed by atoms with van der Waals surface area (Å²) in [6.45, 7) is 1.37. The molecule has 0 bridgehead atoms. The second kappa shape index (κ2) is 8.08. The predicted octanol–water partition coefficient (Wildman–Crippen LogP) is 2.19.